The van der Waals surface area contributed by atoms with Crippen LogP contribution in [0.3, 0.4) is 0 Å². The number of carbonyl (C=O) groups excluding carboxylic acids is 3. The molecule has 156 valence electrons. The summed E-state index contributed by atoms with van der Waals surface area (Å²) >= 11 is 0. The molecule has 2 amide bonds. The maximum atomic E-state index is 13.1. The number of aromatic nitrogens is 2. The van der Waals surface area contributed by atoms with Crippen LogP contribution in [0.4, 0.5) is 10.2 Å². The average Bonchev–Trinajstić information content (AvgIpc) is 3.03. The lowest BCUT2D eigenvalue weighted by atomic mass is 10.1. The molecule has 1 aromatic heterocycles. The molecule has 8 nitrogen and oxygen atoms in total. The number of halogens is 1. The van der Waals surface area contributed by atoms with Crippen molar-refractivity contribution in [3.05, 3.63) is 41.8 Å². The minimum absolute atomic E-state index is 0.237. The van der Waals surface area contributed by atoms with Gasteiger partial charge in [-0.3, -0.25) is 14.4 Å². The fraction of sp³-hybridized carbons (Fsp3) is 0.400. The number of hydrogen-bond acceptors (Lipinski definition) is 5. The second-order valence-corrected chi connectivity index (χ2v) is 6.98. The van der Waals surface area contributed by atoms with E-state index in [1.807, 2.05) is 13.8 Å². The zero-order valence-electron chi connectivity index (χ0n) is 16.7. The molecule has 0 aliphatic rings. The Morgan fingerprint density at radius 2 is 1.86 bits per heavy atom. The number of esters is 1. The lowest BCUT2D eigenvalue weighted by Crippen LogP contribution is -2.32. The van der Waals surface area contributed by atoms with Gasteiger partial charge in [0.1, 0.15) is 18.2 Å². The summed E-state index contributed by atoms with van der Waals surface area (Å²) in [5.74, 6) is -1.14. The van der Waals surface area contributed by atoms with E-state index in [-0.39, 0.29) is 18.3 Å². The molecule has 0 fully saturated rings. The normalized spacial score (nSPS) is 10.7. The van der Waals surface area contributed by atoms with Crippen LogP contribution in [0.2, 0.25) is 0 Å². The first-order chi connectivity index (χ1) is 13.7. The summed E-state index contributed by atoms with van der Waals surface area (Å²) in [6, 6.07) is 7.27. The van der Waals surface area contributed by atoms with Crippen molar-refractivity contribution >= 4 is 23.6 Å². The van der Waals surface area contributed by atoms with Crippen molar-refractivity contribution in [2.45, 2.75) is 33.6 Å². The maximum Gasteiger partial charge on any atom is 0.325 e. The van der Waals surface area contributed by atoms with Gasteiger partial charge in [-0.05, 0) is 43.5 Å². The van der Waals surface area contributed by atoms with Crippen molar-refractivity contribution in [1.29, 1.82) is 0 Å². The standard InChI is InChI=1S/C20H25FN4O4/c1-13(2)4-9-18(26)22-11-20(28)29-12-19(27)23-17-10-14(3)24-25(17)16-7-5-15(21)6-8-16/h5-8,10,13H,4,9,11-12H2,1-3H3,(H,22,26)(H,23,27). The first-order valence-corrected chi connectivity index (χ1v) is 9.29. The summed E-state index contributed by atoms with van der Waals surface area (Å²) in [5.41, 5.74) is 1.21. The van der Waals surface area contributed by atoms with Crippen LogP contribution in [0.5, 0.6) is 0 Å². The van der Waals surface area contributed by atoms with E-state index in [9.17, 15) is 18.8 Å². The Balaban J connectivity index is 1.83. The largest absolute Gasteiger partial charge is 0.454 e. The highest BCUT2D eigenvalue weighted by Gasteiger charge is 2.14. The van der Waals surface area contributed by atoms with Gasteiger partial charge in [-0.1, -0.05) is 13.8 Å². The molecule has 1 heterocycles. The van der Waals surface area contributed by atoms with Crippen LogP contribution in [-0.2, 0) is 19.1 Å². The van der Waals surface area contributed by atoms with Gasteiger partial charge in [0.25, 0.3) is 5.91 Å². The SMILES string of the molecule is Cc1cc(NC(=O)COC(=O)CNC(=O)CCC(C)C)n(-c2ccc(F)cc2)n1. The topological polar surface area (TPSA) is 102 Å². The van der Waals surface area contributed by atoms with Gasteiger partial charge >= 0.3 is 5.97 Å². The molecule has 2 rings (SSSR count). The summed E-state index contributed by atoms with van der Waals surface area (Å²) in [6.07, 6.45) is 1.06. The summed E-state index contributed by atoms with van der Waals surface area (Å²) < 4.78 is 19.4. The third-order valence-electron chi connectivity index (χ3n) is 3.91. The monoisotopic (exact) mass is 404 g/mol. The Bertz CT molecular complexity index is 862. The summed E-state index contributed by atoms with van der Waals surface area (Å²) in [5, 5.41) is 9.32. The summed E-state index contributed by atoms with van der Waals surface area (Å²) in [6.45, 7) is 4.95. The van der Waals surface area contributed by atoms with Gasteiger partial charge in [0, 0.05) is 12.5 Å². The second kappa shape index (κ2) is 10.4. The van der Waals surface area contributed by atoms with Crippen LogP contribution < -0.4 is 10.6 Å². The molecule has 2 N–H and O–H groups in total. The number of amides is 2. The molecule has 0 unspecified atom stereocenters. The Morgan fingerprint density at radius 3 is 2.52 bits per heavy atom. The van der Waals surface area contributed by atoms with Gasteiger partial charge in [-0.2, -0.15) is 5.10 Å². The number of ether oxygens (including phenoxy) is 1. The Hall–Kier alpha value is -3.23. The highest BCUT2D eigenvalue weighted by molar-refractivity contribution is 5.92. The van der Waals surface area contributed by atoms with E-state index in [4.69, 9.17) is 4.74 Å². The molecule has 0 aliphatic heterocycles. The van der Waals surface area contributed by atoms with Gasteiger partial charge in [0.15, 0.2) is 6.61 Å². The lowest BCUT2D eigenvalue weighted by molar-refractivity contribution is -0.147. The number of carbonyl (C=O) groups is 3. The molecule has 0 bridgehead atoms. The smallest absolute Gasteiger partial charge is 0.325 e. The molecule has 0 saturated heterocycles. The van der Waals surface area contributed by atoms with E-state index < -0.39 is 18.5 Å². The van der Waals surface area contributed by atoms with Gasteiger partial charge in [0.2, 0.25) is 5.91 Å². The van der Waals surface area contributed by atoms with Crippen LogP contribution in [-0.4, -0.2) is 40.7 Å². The van der Waals surface area contributed by atoms with E-state index in [0.29, 0.717) is 29.5 Å². The number of anilines is 1. The van der Waals surface area contributed by atoms with Crippen LogP contribution in [0.25, 0.3) is 5.69 Å². The van der Waals surface area contributed by atoms with Gasteiger partial charge in [-0.25, -0.2) is 9.07 Å². The number of benzene rings is 1. The lowest BCUT2D eigenvalue weighted by Gasteiger charge is -2.10. The van der Waals surface area contributed by atoms with Gasteiger partial charge in [0.05, 0.1) is 11.4 Å². The van der Waals surface area contributed by atoms with Crippen molar-refractivity contribution in [1.82, 2.24) is 15.1 Å². The fourth-order valence-electron chi connectivity index (χ4n) is 2.42. The predicted octanol–water partition coefficient (Wildman–Crippen LogP) is 2.35. The van der Waals surface area contributed by atoms with E-state index in [1.54, 1.807) is 13.0 Å². The molecule has 0 saturated carbocycles. The first-order valence-electron chi connectivity index (χ1n) is 9.29. The average molecular weight is 404 g/mol. The molecule has 0 atom stereocenters. The number of nitrogens with zero attached hydrogens (tertiary/aromatic N) is 2. The maximum absolute atomic E-state index is 13.1. The van der Waals surface area contributed by atoms with E-state index in [1.165, 1.54) is 28.9 Å². The number of aryl methyl sites for hydroxylation is 1. The third-order valence-corrected chi connectivity index (χ3v) is 3.91. The molecule has 1 aromatic carbocycles. The number of nitrogens with one attached hydrogen (secondary N) is 2. The van der Waals surface area contributed by atoms with Crippen molar-refractivity contribution in [2.24, 2.45) is 5.92 Å². The van der Waals surface area contributed by atoms with Crippen molar-refractivity contribution < 1.29 is 23.5 Å². The van der Waals surface area contributed by atoms with Crippen molar-refractivity contribution in [3.63, 3.8) is 0 Å². The fourth-order valence-corrected chi connectivity index (χ4v) is 2.42. The van der Waals surface area contributed by atoms with E-state index >= 15 is 0 Å². The van der Waals surface area contributed by atoms with Gasteiger partial charge < -0.3 is 15.4 Å². The van der Waals surface area contributed by atoms with Crippen LogP contribution >= 0.6 is 0 Å². The highest BCUT2D eigenvalue weighted by atomic mass is 19.1. The molecular weight excluding hydrogens is 379 g/mol. The first kappa shape index (κ1) is 22.1. The molecule has 29 heavy (non-hydrogen) atoms. The van der Waals surface area contributed by atoms with Crippen molar-refractivity contribution in [2.75, 3.05) is 18.5 Å². The zero-order valence-corrected chi connectivity index (χ0v) is 16.7. The Morgan fingerprint density at radius 1 is 1.17 bits per heavy atom. The minimum atomic E-state index is -0.707. The van der Waals surface area contributed by atoms with E-state index in [2.05, 4.69) is 15.7 Å². The summed E-state index contributed by atoms with van der Waals surface area (Å²) in [7, 11) is 0. The molecule has 0 spiro atoms. The highest BCUT2D eigenvalue weighted by Crippen LogP contribution is 2.17. The Kier molecular flexibility index (Phi) is 7.88. The van der Waals surface area contributed by atoms with Crippen molar-refractivity contribution in [3.8, 4) is 5.69 Å². The zero-order chi connectivity index (χ0) is 21.4. The molecule has 2 aromatic rings. The van der Waals surface area contributed by atoms with E-state index in [0.717, 1.165) is 6.42 Å². The number of hydrogen-bond donors (Lipinski definition) is 2. The number of rotatable bonds is 9. The van der Waals surface area contributed by atoms with Crippen LogP contribution in [0.15, 0.2) is 30.3 Å². The van der Waals surface area contributed by atoms with Gasteiger partial charge in [-0.15, -0.1) is 0 Å². The second-order valence-electron chi connectivity index (χ2n) is 6.98. The minimum Gasteiger partial charge on any atom is -0.454 e. The van der Waals surface area contributed by atoms with Crippen LogP contribution in [0, 0.1) is 18.7 Å². The molecule has 9 heteroatoms. The molecular formula is C20H25FN4O4. The quantitative estimate of drug-likeness (QED) is 0.625. The predicted molar refractivity (Wildman–Crippen MR) is 105 cm³/mol. The summed E-state index contributed by atoms with van der Waals surface area (Å²) in [4.78, 5) is 35.4. The molecule has 0 aliphatic carbocycles. The molecule has 0 radical (unpaired) electrons. The Labute approximate surface area is 168 Å². The van der Waals surface area contributed by atoms with Crippen LogP contribution in [0.1, 0.15) is 32.4 Å². The third kappa shape index (κ3) is 7.36.